The normalized spacial score (nSPS) is 20.4. The van der Waals surface area contributed by atoms with Gasteiger partial charge in [0.2, 0.25) is 5.88 Å². The van der Waals surface area contributed by atoms with E-state index in [1.165, 1.54) is 6.42 Å². The molecule has 2 atom stereocenters. The molecule has 1 fully saturated rings. The molecule has 0 amide bonds. The van der Waals surface area contributed by atoms with Gasteiger partial charge >= 0.3 is 0 Å². The van der Waals surface area contributed by atoms with Crippen LogP contribution in [0.15, 0.2) is 76.4 Å². The van der Waals surface area contributed by atoms with Crippen molar-refractivity contribution in [3.05, 3.63) is 77.5 Å². The number of rotatable bonds is 8. The number of nitrogens with zero attached hydrogens (tertiary/aromatic N) is 6. The van der Waals surface area contributed by atoms with Crippen LogP contribution in [0, 0.1) is 6.92 Å². The molecule has 3 aliphatic heterocycles. The fraction of sp³-hybridized carbons (Fsp3) is 0.300. The zero-order valence-corrected chi connectivity index (χ0v) is 22.8. The molecule has 0 aliphatic carbocycles. The Morgan fingerprint density at radius 2 is 2.10 bits per heavy atom. The molecule has 3 aliphatic rings. The summed E-state index contributed by atoms with van der Waals surface area (Å²) >= 11 is 0. The molecule has 204 valence electrons. The summed E-state index contributed by atoms with van der Waals surface area (Å²) < 4.78 is 6.04. The molecule has 2 N–H and O–H groups in total. The number of carbonyl (C=O) groups is 1. The van der Waals surface area contributed by atoms with Crippen molar-refractivity contribution in [2.45, 2.75) is 45.3 Å². The number of aromatic nitrogens is 2. The summed E-state index contributed by atoms with van der Waals surface area (Å²) in [7, 11) is 2.12. The smallest absolute Gasteiger partial charge is 0.220 e. The lowest BCUT2D eigenvalue weighted by atomic mass is 10.0. The van der Waals surface area contributed by atoms with Gasteiger partial charge in [0, 0.05) is 29.6 Å². The molecular weight excluding hydrogens is 504 g/mol. The van der Waals surface area contributed by atoms with E-state index >= 15 is 0 Å². The van der Waals surface area contributed by atoms with Crippen molar-refractivity contribution in [2.24, 2.45) is 10.1 Å². The zero-order chi connectivity index (χ0) is 27.6. The predicted octanol–water partition coefficient (Wildman–Crippen LogP) is 4.27. The van der Waals surface area contributed by atoms with Crippen LogP contribution in [0.1, 0.15) is 30.9 Å². The van der Waals surface area contributed by atoms with Crippen molar-refractivity contribution in [2.75, 3.05) is 18.9 Å². The number of aliphatic imine (C=N–C) groups is 1. The molecule has 2 aromatic carbocycles. The Hall–Kier alpha value is -4.57. The number of anilines is 2. The summed E-state index contributed by atoms with van der Waals surface area (Å²) in [4.78, 5) is 30.5. The maximum atomic E-state index is 13.0. The van der Waals surface area contributed by atoms with Crippen molar-refractivity contribution >= 4 is 40.9 Å². The van der Waals surface area contributed by atoms with Crippen molar-refractivity contribution in [1.82, 2.24) is 25.2 Å². The third-order valence-corrected chi connectivity index (χ3v) is 7.51. The number of ketones is 1. The van der Waals surface area contributed by atoms with Gasteiger partial charge in [-0.05, 0) is 87.3 Å². The van der Waals surface area contributed by atoms with Gasteiger partial charge in [-0.1, -0.05) is 12.1 Å². The Morgan fingerprint density at radius 3 is 2.92 bits per heavy atom. The highest BCUT2D eigenvalue weighted by molar-refractivity contribution is 5.98. The molecule has 1 aromatic heterocycles. The highest BCUT2D eigenvalue weighted by Gasteiger charge is 2.22. The van der Waals surface area contributed by atoms with Crippen LogP contribution < -0.4 is 15.5 Å². The first-order valence-corrected chi connectivity index (χ1v) is 13.5. The van der Waals surface area contributed by atoms with Gasteiger partial charge in [-0.3, -0.25) is 20.0 Å². The Morgan fingerprint density at radius 1 is 1.20 bits per heavy atom. The second-order valence-electron chi connectivity index (χ2n) is 10.4. The molecule has 3 aromatic rings. The average Bonchev–Trinajstić information content (AvgIpc) is 3.58. The molecule has 1 unspecified atom stereocenters. The van der Waals surface area contributed by atoms with Crippen LogP contribution in [0.5, 0.6) is 5.75 Å². The van der Waals surface area contributed by atoms with E-state index in [-0.39, 0.29) is 11.9 Å². The van der Waals surface area contributed by atoms with E-state index < -0.39 is 0 Å². The molecular formula is C30H32N8O2. The molecule has 0 spiro atoms. The molecule has 6 rings (SSSR count). The van der Waals surface area contributed by atoms with Crippen LogP contribution >= 0.6 is 0 Å². The summed E-state index contributed by atoms with van der Waals surface area (Å²) in [6.45, 7) is 4.99. The number of ether oxygens (including phenoxy) is 1. The third kappa shape index (κ3) is 5.43. The van der Waals surface area contributed by atoms with Crippen LogP contribution in [0.3, 0.4) is 0 Å². The minimum absolute atomic E-state index is 0.0890. The molecule has 10 heteroatoms. The SMILES string of the molecule is C/C(=C\[C@H]1CCCN1C)C(=O)Cc1ccc2ncnc(Nc3ccc(OC4=CC5NN=CN5C=N4)c(C)c3)c2c1. The molecule has 0 saturated carbocycles. The summed E-state index contributed by atoms with van der Waals surface area (Å²) in [6, 6.07) is 12.1. The van der Waals surface area contributed by atoms with Crippen LogP contribution in [-0.4, -0.2) is 64.0 Å². The van der Waals surface area contributed by atoms with Crippen LogP contribution in [0.4, 0.5) is 11.5 Å². The summed E-state index contributed by atoms with van der Waals surface area (Å²) in [6.07, 6.45) is 11.4. The van der Waals surface area contributed by atoms with Crippen molar-refractivity contribution in [1.29, 1.82) is 0 Å². The number of Topliss-reactive ketones (excluding diaryl/α,β-unsaturated/α-hetero) is 1. The Balaban J connectivity index is 1.17. The topological polar surface area (TPSA) is 107 Å². The first-order chi connectivity index (χ1) is 19.4. The number of hydrazone groups is 1. The quantitative estimate of drug-likeness (QED) is 0.411. The van der Waals surface area contributed by atoms with E-state index in [2.05, 4.69) is 48.8 Å². The number of fused-ring (bicyclic) bond motifs is 2. The Bertz CT molecular complexity index is 1580. The lowest BCUT2D eigenvalue weighted by Gasteiger charge is -2.21. The zero-order valence-electron chi connectivity index (χ0n) is 22.8. The van der Waals surface area contributed by atoms with Gasteiger partial charge in [0.1, 0.15) is 36.7 Å². The van der Waals surface area contributed by atoms with Crippen LogP contribution in [0.2, 0.25) is 0 Å². The summed E-state index contributed by atoms with van der Waals surface area (Å²) in [5.41, 5.74) is 7.35. The van der Waals surface area contributed by atoms with Gasteiger partial charge in [-0.15, -0.1) is 0 Å². The highest BCUT2D eigenvalue weighted by atomic mass is 16.5. The minimum Gasteiger partial charge on any atom is -0.439 e. The van der Waals surface area contributed by atoms with Crippen molar-refractivity contribution in [3.8, 4) is 5.75 Å². The van der Waals surface area contributed by atoms with Gasteiger partial charge < -0.3 is 10.1 Å². The monoisotopic (exact) mass is 536 g/mol. The molecule has 0 bridgehead atoms. The number of allylic oxidation sites excluding steroid dienone is 1. The second-order valence-corrected chi connectivity index (χ2v) is 10.4. The maximum absolute atomic E-state index is 13.0. The van der Waals surface area contributed by atoms with Crippen molar-refractivity contribution < 1.29 is 9.53 Å². The molecule has 10 nitrogen and oxygen atoms in total. The van der Waals surface area contributed by atoms with Crippen LogP contribution in [0.25, 0.3) is 10.9 Å². The maximum Gasteiger partial charge on any atom is 0.220 e. The standard InChI is InChI=1S/C30H32N8O2/c1-19(12-23-5-4-10-37(23)3)26(39)14-21-6-8-25-24(13-21)30(32-16-31-25)35-22-7-9-27(20(2)11-22)40-29-15-28-36-34-18-38(28)17-33-29/h6-9,11-13,15-18,23,28,36H,4-5,10,14H2,1-3H3,(H,31,32,35)/b19-12+/t23-,28?/m1/s1. The fourth-order valence-corrected chi connectivity index (χ4v) is 5.16. The number of likely N-dealkylation sites (N-methyl/N-ethyl adjacent to an activating group) is 1. The van der Waals surface area contributed by atoms with Gasteiger partial charge in [0.05, 0.1) is 5.52 Å². The molecule has 4 heterocycles. The van der Waals surface area contributed by atoms with E-state index in [1.54, 1.807) is 19.0 Å². The largest absolute Gasteiger partial charge is 0.439 e. The molecule has 1 saturated heterocycles. The van der Waals surface area contributed by atoms with E-state index in [0.717, 1.165) is 46.3 Å². The highest BCUT2D eigenvalue weighted by Crippen LogP contribution is 2.29. The van der Waals surface area contributed by atoms with Gasteiger partial charge in [0.25, 0.3) is 0 Å². The van der Waals surface area contributed by atoms with E-state index in [0.29, 0.717) is 29.9 Å². The molecule has 0 radical (unpaired) electrons. The summed E-state index contributed by atoms with van der Waals surface area (Å²) in [5.74, 6) is 2.03. The average molecular weight is 537 g/mol. The Labute approximate surface area is 233 Å². The first-order valence-electron chi connectivity index (χ1n) is 13.5. The predicted molar refractivity (Wildman–Crippen MR) is 157 cm³/mol. The van der Waals surface area contributed by atoms with E-state index in [9.17, 15) is 4.79 Å². The molecule has 40 heavy (non-hydrogen) atoms. The van der Waals surface area contributed by atoms with Gasteiger partial charge in [0.15, 0.2) is 5.78 Å². The number of likely N-dealkylation sites (tertiary alicyclic amines) is 1. The summed E-state index contributed by atoms with van der Waals surface area (Å²) in [5, 5.41) is 8.31. The van der Waals surface area contributed by atoms with Crippen LogP contribution in [-0.2, 0) is 11.2 Å². The Kier molecular flexibility index (Phi) is 7.00. The van der Waals surface area contributed by atoms with E-state index in [1.807, 2.05) is 61.2 Å². The fourth-order valence-electron chi connectivity index (χ4n) is 5.16. The first kappa shape index (κ1) is 25.7. The minimum atomic E-state index is -0.0890. The number of carbonyl (C=O) groups excluding carboxylic acids is 1. The number of aryl methyl sites for hydroxylation is 1. The number of hydrogen-bond donors (Lipinski definition) is 2. The van der Waals surface area contributed by atoms with Gasteiger partial charge in [-0.2, -0.15) is 5.10 Å². The second kappa shape index (κ2) is 10.9. The number of hydrogen-bond acceptors (Lipinski definition) is 10. The van der Waals surface area contributed by atoms with E-state index in [4.69, 9.17) is 4.74 Å². The number of benzene rings is 2. The lowest BCUT2D eigenvalue weighted by molar-refractivity contribution is -0.114. The third-order valence-electron chi connectivity index (χ3n) is 7.51. The van der Waals surface area contributed by atoms with Crippen molar-refractivity contribution in [3.63, 3.8) is 0 Å². The van der Waals surface area contributed by atoms with Gasteiger partial charge in [-0.25, -0.2) is 15.0 Å². The number of nitrogens with one attached hydrogen (secondary N) is 2. The lowest BCUT2D eigenvalue weighted by Crippen LogP contribution is -2.36.